The van der Waals surface area contributed by atoms with Gasteiger partial charge in [0.2, 0.25) is 0 Å². The molecule has 0 bridgehead atoms. The third-order valence-electron chi connectivity index (χ3n) is 3.43. The highest BCUT2D eigenvalue weighted by molar-refractivity contribution is 5.38. The van der Waals surface area contributed by atoms with Crippen molar-refractivity contribution in [2.24, 2.45) is 5.41 Å². The lowest BCUT2D eigenvalue weighted by Gasteiger charge is -2.18. The van der Waals surface area contributed by atoms with Crippen LogP contribution in [0.15, 0.2) is 18.2 Å². The molecule has 0 aromatic heterocycles. The Balaban J connectivity index is 1.82. The van der Waals surface area contributed by atoms with Gasteiger partial charge >= 0.3 is 0 Å². The van der Waals surface area contributed by atoms with E-state index < -0.39 is 0 Å². The molecule has 1 aliphatic rings. The zero-order chi connectivity index (χ0) is 13.7. The van der Waals surface area contributed by atoms with Crippen molar-refractivity contribution in [3.8, 4) is 11.8 Å². The molecule has 3 heteroatoms. The lowest BCUT2D eigenvalue weighted by atomic mass is 9.96. The molecule has 0 radical (unpaired) electrons. The van der Waals surface area contributed by atoms with Gasteiger partial charge in [-0.2, -0.15) is 5.26 Å². The van der Waals surface area contributed by atoms with E-state index in [1.165, 1.54) is 11.1 Å². The first-order chi connectivity index (χ1) is 9.11. The van der Waals surface area contributed by atoms with Crippen LogP contribution >= 0.6 is 0 Å². The predicted molar refractivity (Wildman–Crippen MR) is 76.2 cm³/mol. The van der Waals surface area contributed by atoms with Crippen LogP contribution in [0, 0.1) is 16.7 Å². The second-order valence-electron chi connectivity index (χ2n) is 5.82. The maximum Gasteiger partial charge on any atom is 0.122 e. The Bertz CT molecular complexity index is 474. The van der Waals surface area contributed by atoms with E-state index in [9.17, 15) is 0 Å². The van der Waals surface area contributed by atoms with E-state index in [1.807, 2.05) is 13.8 Å². The molecule has 0 aliphatic carbocycles. The normalized spacial score (nSPS) is 14.4. The summed E-state index contributed by atoms with van der Waals surface area (Å²) in [5.74, 6) is 1.05. The molecule has 1 aliphatic heterocycles. The highest BCUT2D eigenvalue weighted by Gasteiger charge is 2.15. The summed E-state index contributed by atoms with van der Waals surface area (Å²) in [6, 6.07) is 8.78. The van der Waals surface area contributed by atoms with Crippen molar-refractivity contribution in [2.75, 3.05) is 19.7 Å². The molecule has 1 aromatic carbocycles. The van der Waals surface area contributed by atoms with E-state index in [2.05, 4.69) is 29.6 Å². The standard InChI is InChI=1S/C16H22N2O/c1-16(2,11-17)12-18-8-7-13-5-6-15-14(10-13)4-3-9-19-15/h5-6,10,18H,3-4,7-9,12H2,1-2H3. The number of hydrogen-bond acceptors (Lipinski definition) is 3. The van der Waals surface area contributed by atoms with Gasteiger partial charge in [-0.05, 0) is 56.8 Å². The fraction of sp³-hybridized carbons (Fsp3) is 0.562. The van der Waals surface area contributed by atoms with Crippen molar-refractivity contribution in [2.45, 2.75) is 33.1 Å². The van der Waals surface area contributed by atoms with Crippen molar-refractivity contribution in [1.29, 1.82) is 5.26 Å². The van der Waals surface area contributed by atoms with Gasteiger partial charge in [0, 0.05) is 6.54 Å². The number of nitrogens with one attached hydrogen (secondary N) is 1. The van der Waals surface area contributed by atoms with Crippen LogP contribution < -0.4 is 10.1 Å². The van der Waals surface area contributed by atoms with Gasteiger partial charge < -0.3 is 10.1 Å². The molecule has 2 rings (SSSR count). The van der Waals surface area contributed by atoms with Gasteiger partial charge in [-0.15, -0.1) is 0 Å². The first-order valence-electron chi connectivity index (χ1n) is 6.97. The summed E-state index contributed by atoms with van der Waals surface area (Å²) in [6.45, 7) is 6.39. The van der Waals surface area contributed by atoms with Crippen molar-refractivity contribution in [3.63, 3.8) is 0 Å². The molecule has 1 aromatic rings. The summed E-state index contributed by atoms with van der Waals surface area (Å²) in [6.07, 6.45) is 3.23. The van der Waals surface area contributed by atoms with Crippen LogP contribution in [-0.2, 0) is 12.8 Å². The predicted octanol–water partition coefficient (Wildman–Crippen LogP) is 2.69. The van der Waals surface area contributed by atoms with Gasteiger partial charge in [0.15, 0.2) is 0 Å². The molecule has 0 saturated carbocycles. The Labute approximate surface area is 115 Å². The minimum atomic E-state index is -0.288. The van der Waals surface area contributed by atoms with Gasteiger partial charge in [0.05, 0.1) is 18.1 Å². The van der Waals surface area contributed by atoms with Gasteiger partial charge in [0.25, 0.3) is 0 Å². The largest absolute Gasteiger partial charge is 0.493 e. The van der Waals surface area contributed by atoms with Crippen LogP contribution in [0.5, 0.6) is 5.75 Å². The molecule has 102 valence electrons. The number of aryl methyl sites for hydroxylation is 1. The quantitative estimate of drug-likeness (QED) is 0.826. The Morgan fingerprint density at radius 2 is 2.26 bits per heavy atom. The Morgan fingerprint density at radius 3 is 3.05 bits per heavy atom. The zero-order valence-electron chi connectivity index (χ0n) is 11.8. The number of ether oxygens (including phenoxy) is 1. The average Bonchev–Trinajstić information content (AvgIpc) is 2.43. The fourth-order valence-electron chi connectivity index (χ4n) is 2.24. The molecular formula is C16H22N2O. The van der Waals surface area contributed by atoms with E-state index in [1.54, 1.807) is 0 Å². The molecule has 19 heavy (non-hydrogen) atoms. The first kappa shape index (κ1) is 13.9. The van der Waals surface area contributed by atoms with Crippen molar-refractivity contribution < 1.29 is 4.74 Å². The van der Waals surface area contributed by atoms with Crippen molar-refractivity contribution >= 4 is 0 Å². The Hall–Kier alpha value is -1.53. The van der Waals surface area contributed by atoms with Gasteiger partial charge in [0.1, 0.15) is 5.75 Å². The average molecular weight is 258 g/mol. The fourth-order valence-corrected chi connectivity index (χ4v) is 2.24. The summed E-state index contributed by atoms with van der Waals surface area (Å²) < 4.78 is 5.61. The molecule has 0 unspecified atom stereocenters. The van der Waals surface area contributed by atoms with Gasteiger partial charge in [-0.1, -0.05) is 12.1 Å². The first-order valence-corrected chi connectivity index (χ1v) is 6.97. The maximum absolute atomic E-state index is 8.94. The number of hydrogen-bond donors (Lipinski definition) is 1. The second kappa shape index (κ2) is 6.08. The highest BCUT2D eigenvalue weighted by atomic mass is 16.5. The summed E-state index contributed by atoms with van der Waals surface area (Å²) in [5.41, 5.74) is 2.39. The lowest BCUT2D eigenvalue weighted by Crippen LogP contribution is -2.29. The number of nitrogens with zero attached hydrogens (tertiary/aromatic N) is 1. The summed E-state index contributed by atoms with van der Waals surface area (Å²) in [4.78, 5) is 0. The Morgan fingerprint density at radius 1 is 1.42 bits per heavy atom. The van der Waals surface area contributed by atoms with E-state index in [0.29, 0.717) is 0 Å². The molecular weight excluding hydrogens is 236 g/mol. The smallest absolute Gasteiger partial charge is 0.122 e. The van der Waals surface area contributed by atoms with Crippen LogP contribution in [-0.4, -0.2) is 19.7 Å². The molecule has 0 spiro atoms. The maximum atomic E-state index is 8.94. The summed E-state index contributed by atoms with van der Waals surface area (Å²) >= 11 is 0. The van der Waals surface area contributed by atoms with Crippen LogP contribution in [0.25, 0.3) is 0 Å². The van der Waals surface area contributed by atoms with Crippen LogP contribution in [0.4, 0.5) is 0 Å². The van der Waals surface area contributed by atoms with Crippen LogP contribution in [0.2, 0.25) is 0 Å². The highest BCUT2D eigenvalue weighted by Crippen LogP contribution is 2.25. The van der Waals surface area contributed by atoms with Crippen molar-refractivity contribution in [1.82, 2.24) is 5.32 Å². The third-order valence-corrected chi connectivity index (χ3v) is 3.43. The minimum Gasteiger partial charge on any atom is -0.493 e. The van der Waals surface area contributed by atoms with E-state index in [-0.39, 0.29) is 5.41 Å². The van der Waals surface area contributed by atoms with Crippen LogP contribution in [0.1, 0.15) is 31.4 Å². The van der Waals surface area contributed by atoms with Gasteiger partial charge in [-0.25, -0.2) is 0 Å². The van der Waals surface area contributed by atoms with Crippen LogP contribution in [0.3, 0.4) is 0 Å². The number of fused-ring (bicyclic) bond motifs is 1. The third kappa shape index (κ3) is 3.97. The van der Waals surface area contributed by atoms with Crippen molar-refractivity contribution in [3.05, 3.63) is 29.3 Å². The summed E-state index contributed by atoms with van der Waals surface area (Å²) in [7, 11) is 0. The molecule has 1 heterocycles. The topological polar surface area (TPSA) is 45.0 Å². The SMILES string of the molecule is CC(C)(C#N)CNCCc1ccc2c(c1)CCCO2. The second-order valence-corrected chi connectivity index (χ2v) is 5.82. The number of nitriles is 1. The molecule has 3 nitrogen and oxygen atoms in total. The number of benzene rings is 1. The van der Waals surface area contributed by atoms with E-state index in [0.717, 1.165) is 44.7 Å². The van der Waals surface area contributed by atoms with E-state index >= 15 is 0 Å². The molecule has 0 atom stereocenters. The van der Waals surface area contributed by atoms with Gasteiger partial charge in [-0.3, -0.25) is 0 Å². The molecule has 0 amide bonds. The molecule has 0 fully saturated rings. The molecule has 1 N–H and O–H groups in total. The number of rotatable bonds is 5. The summed E-state index contributed by atoms with van der Waals surface area (Å²) in [5, 5.41) is 12.3. The lowest BCUT2D eigenvalue weighted by molar-refractivity contribution is 0.288. The minimum absolute atomic E-state index is 0.288. The Kier molecular flexibility index (Phi) is 4.44. The molecule has 0 saturated heterocycles. The zero-order valence-corrected chi connectivity index (χ0v) is 11.8. The monoisotopic (exact) mass is 258 g/mol. The van der Waals surface area contributed by atoms with E-state index in [4.69, 9.17) is 10.00 Å².